The van der Waals surface area contributed by atoms with Crippen molar-refractivity contribution in [3.05, 3.63) is 25.0 Å². The summed E-state index contributed by atoms with van der Waals surface area (Å²) in [6.45, 7) is 12.3. The lowest BCUT2D eigenvalue weighted by atomic mass is 9.76. The van der Waals surface area contributed by atoms with Gasteiger partial charge in [-0.15, -0.1) is 11.3 Å². The molecule has 0 spiro atoms. The number of ether oxygens (including phenoxy) is 1. The quantitative estimate of drug-likeness (QED) is 0.543. The highest BCUT2D eigenvalue weighted by atomic mass is 127. The molecule has 1 aliphatic carbocycles. The predicted octanol–water partition coefficient (Wildman–Crippen LogP) is 6.20. The SMILES string of the molecule is Cc1sc(I)c(C2=CCC(C)(C)CC2)c1C(OC(C)(C)C)C(=O)O. The molecule has 0 bridgehead atoms. The van der Waals surface area contributed by atoms with Gasteiger partial charge >= 0.3 is 5.97 Å². The van der Waals surface area contributed by atoms with Crippen molar-refractivity contribution in [2.75, 3.05) is 0 Å². The van der Waals surface area contributed by atoms with Crippen LogP contribution in [0.15, 0.2) is 6.08 Å². The molecule has 0 aliphatic heterocycles. The van der Waals surface area contributed by atoms with Gasteiger partial charge in [0.15, 0.2) is 6.10 Å². The first-order valence-electron chi connectivity index (χ1n) is 8.30. The van der Waals surface area contributed by atoms with Gasteiger partial charge in [-0.2, -0.15) is 0 Å². The largest absolute Gasteiger partial charge is 0.479 e. The highest BCUT2D eigenvalue weighted by molar-refractivity contribution is 14.1. The average Bonchev–Trinajstić information content (AvgIpc) is 2.70. The highest BCUT2D eigenvalue weighted by Gasteiger charge is 2.34. The maximum atomic E-state index is 11.9. The van der Waals surface area contributed by atoms with Gasteiger partial charge in [0.05, 0.1) is 8.48 Å². The van der Waals surface area contributed by atoms with Crippen molar-refractivity contribution in [2.24, 2.45) is 5.41 Å². The molecule has 0 radical (unpaired) electrons. The van der Waals surface area contributed by atoms with Gasteiger partial charge in [0.1, 0.15) is 0 Å². The minimum atomic E-state index is -0.921. The second kappa shape index (κ2) is 7.08. The van der Waals surface area contributed by atoms with E-state index >= 15 is 0 Å². The van der Waals surface area contributed by atoms with Crippen LogP contribution >= 0.6 is 33.9 Å². The van der Waals surface area contributed by atoms with Crippen LogP contribution in [0.25, 0.3) is 5.57 Å². The summed E-state index contributed by atoms with van der Waals surface area (Å²) in [6.07, 6.45) is 4.53. The molecule has 5 heteroatoms. The number of carbonyl (C=O) groups is 1. The number of halogens is 1. The van der Waals surface area contributed by atoms with E-state index in [1.165, 1.54) is 5.57 Å². The summed E-state index contributed by atoms with van der Waals surface area (Å²) in [4.78, 5) is 13.0. The van der Waals surface area contributed by atoms with E-state index in [9.17, 15) is 9.90 Å². The van der Waals surface area contributed by atoms with Crippen LogP contribution in [0.1, 0.15) is 76.0 Å². The smallest absolute Gasteiger partial charge is 0.337 e. The van der Waals surface area contributed by atoms with Gasteiger partial charge in [-0.3, -0.25) is 0 Å². The number of hydrogen-bond acceptors (Lipinski definition) is 3. The predicted molar refractivity (Wildman–Crippen MR) is 109 cm³/mol. The van der Waals surface area contributed by atoms with Crippen LogP contribution in [-0.4, -0.2) is 16.7 Å². The maximum Gasteiger partial charge on any atom is 0.337 e. The molecular formula is C19H27IO3S. The lowest BCUT2D eigenvalue weighted by Gasteiger charge is -2.30. The van der Waals surface area contributed by atoms with Gasteiger partial charge in [-0.25, -0.2) is 4.79 Å². The second-order valence-electron chi connectivity index (χ2n) is 8.27. The number of carboxylic acid groups (broad SMARTS) is 1. The molecule has 0 fully saturated rings. The molecule has 1 aromatic rings. The van der Waals surface area contributed by atoms with Gasteiger partial charge in [0.25, 0.3) is 0 Å². The van der Waals surface area contributed by atoms with Crippen LogP contribution in [-0.2, 0) is 9.53 Å². The number of hydrogen-bond donors (Lipinski definition) is 1. The molecule has 0 saturated heterocycles. The second-order valence-corrected chi connectivity index (χ2v) is 11.3. The molecule has 1 aromatic heterocycles. The van der Waals surface area contributed by atoms with E-state index in [1.807, 2.05) is 27.7 Å². The normalized spacial score (nSPS) is 19.0. The fraction of sp³-hybridized carbons (Fsp3) is 0.632. The minimum absolute atomic E-state index is 0.328. The molecule has 1 aliphatic rings. The fourth-order valence-corrected chi connectivity index (χ4v) is 5.59. The molecule has 134 valence electrons. The van der Waals surface area contributed by atoms with Crippen LogP contribution in [0.5, 0.6) is 0 Å². The number of carboxylic acids is 1. The van der Waals surface area contributed by atoms with Crippen LogP contribution in [0, 0.1) is 15.2 Å². The van der Waals surface area contributed by atoms with E-state index in [-0.39, 0.29) is 0 Å². The van der Waals surface area contributed by atoms with E-state index < -0.39 is 17.7 Å². The fourth-order valence-electron chi connectivity index (χ4n) is 3.03. The Morgan fingerprint density at radius 3 is 2.50 bits per heavy atom. The van der Waals surface area contributed by atoms with Crippen molar-refractivity contribution < 1.29 is 14.6 Å². The van der Waals surface area contributed by atoms with E-state index in [4.69, 9.17) is 4.74 Å². The van der Waals surface area contributed by atoms with Crippen LogP contribution in [0.3, 0.4) is 0 Å². The summed E-state index contributed by atoms with van der Waals surface area (Å²) in [5.74, 6) is -0.916. The summed E-state index contributed by atoms with van der Waals surface area (Å²) in [5, 5.41) is 9.79. The number of aryl methyl sites for hydroxylation is 1. The summed E-state index contributed by atoms with van der Waals surface area (Å²) in [6, 6.07) is 0. The molecular weight excluding hydrogens is 435 g/mol. The lowest BCUT2D eigenvalue weighted by molar-refractivity contribution is -0.160. The Bertz CT molecular complexity index is 665. The first kappa shape index (κ1) is 19.9. The van der Waals surface area contributed by atoms with E-state index in [2.05, 4.69) is 42.5 Å². The van der Waals surface area contributed by atoms with Crippen molar-refractivity contribution in [3.8, 4) is 0 Å². The number of rotatable bonds is 4. The van der Waals surface area contributed by atoms with Crippen LogP contribution < -0.4 is 0 Å². The van der Waals surface area contributed by atoms with Crippen molar-refractivity contribution >= 4 is 45.5 Å². The molecule has 3 nitrogen and oxygen atoms in total. The van der Waals surface area contributed by atoms with Gasteiger partial charge in [0.2, 0.25) is 0 Å². The third-order valence-corrected chi connectivity index (χ3v) is 6.45. The standard InChI is InChI=1S/C19H27IO3S/c1-11-13(15(17(21)22)23-18(2,3)4)14(16(20)24-11)12-7-9-19(5,6)10-8-12/h7,15H,8-10H2,1-6H3,(H,21,22). The van der Waals surface area contributed by atoms with Gasteiger partial charge in [-0.05, 0) is 80.5 Å². The Labute approximate surface area is 162 Å². The zero-order chi connectivity index (χ0) is 18.3. The third-order valence-electron chi connectivity index (χ3n) is 4.34. The minimum Gasteiger partial charge on any atom is -0.479 e. The molecule has 1 atom stereocenters. The molecule has 0 amide bonds. The topological polar surface area (TPSA) is 46.5 Å². The van der Waals surface area contributed by atoms with Gasteiger partial charge < -0.3 is 9.84 Å². The van der Waals surface area contributed by atoms with E-state index in [1.54, 1.807) is 11.3 Å². The van der Waals surface area contributed by atoms with E-state index in [0.29, 0.717) is 5.41 Å². The average molecular weight is 462 g/mol. The molecule has 1 N–H and O–H groups in total. The van der Waals surface area contributed by atoms with Crippen molar-refractivity contribution in [3.63, 3.8) is 0 Å². The summed E-state index contributed by atoms with van der Waals surface area (Å²) in [7, 11) is 0. The zero-order valence-electron chi connectivity index (χ0n) is 15.3. The van der Waals surface area contributed by atoms with Gasteiger partial charge in [0, 0.05) is 16.0 Å². The summed E-state index contributed by atoms with van der Waals surface area (Å²) >= 11 is 4.00. The first-order chi connectivity index (χ1) is 10.9. The molecule has 24 heavy (non-hydrogen) atoms. The first-order valence-corrected chi connectivity index (χ1v) is 10.2. The number of allylic oxidation sites excluding steroid dienone is 2. The summed E-state index contributed by atoms with van der Waals surface area (Å²) < 4.78 is 7.09. The molecule has 2 rings (SSSR count). The monoisotopic (exact) mass is 462 g/mol. The van der Waals surface area contributed by atoms with Crippen molar-refractivity contribution in [1.82, 2.24) is 0 Å². The van der Waals surface area contributed by atoms with Crippen LogP contribution in [0.4, 0.5) is 0 Å². The molecule has 0 aromatic carbocycles. The van der Waals surface area contributed by atoms with Crippen molar-refractivity contribution in [2.45, 2.75) is 72.5 Å². The van der Waals surface area contributed by atoms with Crippen molar-refractivity contribution in [1.29, 1.82) is 0 Å². The maximum absolute atomic E-state index is 11.9. The zero-order valence-corrected chi connectivity index (χ0v) is 18.3. The van der Waals surface area contributed by atoms with E-state index in [0.717, 1.165) is 38.2 Å². The lowest BCUT2D eigenvalue weighted by Crippen LogP contribution is -2.28. The Kier molecular flexibility index (Phi) is 5.87. The third kappa shape index (κ3) is 4.61. The molecule has 0 saturated carbocycles. The summed E-state index contributed by atoms with van der Waals surface area (Å²) in [5.41, 5.74) is 3.04. The Morgan fingerprint density at radius 2 is 2.04 bits per heavy atom. The van der Waals surface area contributed by atoms with Gasteiger partial charge in [-0.1, -0.05) is 19.9 Å². The van der Waals surface area contributed by atoms with Crippen LogP contribution in [0.2, 0.25) is 0 Å². The highest BCUT2D eigenvalue weighted by Crippen LogP contribution is 2.45. The number of aliphatic carboxylic acids is 1. The Balaban J connectivity index is 2.51. The Hall–Kier alpha value is -0.400. The molecule has 1 unspecified atom stereocenters. The molecule has 1 heterocycles. The Morgan fingerprint density at radius 1 is 1.42 bits per heavy atom. The number of thiophene rings is 1.